The third-order valence-corrected chi connectivity index (χ3v) is 2.14. The highest BCUT2D eigenvalue weighted by molar-refractivity contribution is 5.85. The normalized spacial score (nSPS) is 10.1. The molecule has 2 heterocycles. The van der Waals surface area contributed by atoms with E-state index in [4.69, 9.17) is 5.11 Å². The second-order valence-corrected chi connectivity index (χ2v) is 3.43. The Hall–Kier alpha value is -2.23. The van der Waals surface area contributed by atoms with Crippen LogP contribution in [0.2, 0.25) is 0 Å². The minimum absolute atomic E-state index is 0.0277. The summed E-state index contributed by atoms with van der Waals surface area (Å²) in [5, 5.41) is 8.82. The van der Waals surface area contributed by atoms with Crippen molar-refractivity contribution in [1.82, 2.24) is 9.97 Å². The maximum atomic E-state index is 10.8. The molecule has 2 rings (SSSR count). The summed E-state index contributed by atoms with van der Waals surface area (Å²) in [5.41, 5.74) is 2.33. The molecule has 0 fully saturated rings. The highest BCUT2D eigenvalue weighted by atomic mass is 16.4. The predicted molar refractivity (Wildman–Crippen MR) is 59.2 cm³/mol. The van der Waals surface area contributed by atoms with Gasteiger partial charge >= 0.3 is 5.97 Å². The molecule has 4 nitrogen and oxygen atoms in total. The van der Waals surface area contributed by atoms with Crippen LogP contribution in [0.4, 0.5) is 0 Å². The van der Waals surface area contributed by atoms with Crippen LogP contribution in [0.5, 0.6) is 0 Å². The summed E-state index contributed by atoms with van der Waals surface area (Å²) >= 11 is 0. The van der Waals surface area contributed by atoms with E-state index in [0.29, 0.717) is 11.4 Å². The number of carbonyl (C=O) groups is 1. The van der Waals surface area contributed by atoms with Crippen molar-refractivity contribution in [3.05, 3.63) is 47.8 Å². The molecule has 0 radical (unpaired) electrons. The van der Waals surface area contributed by atoms with E-state index < -0.39 is 5.97 Å². The van der Waals surface area contributed by atoms with Gasteiger partial charge in [0.25, 0.3) is 0 Å². The summed E-state index contributed by atoms with van der Waals surface area (Å²) in [7, 11) is 0. The van der Waals surface area contributed by atoms with Crippen LogP contribution in [0.3, 0.4) is 0 Å². The van der Waals surface area contributed by atoms with Gasteiger partial charge in [-0.2, -0.15) is 0 Å². The molecular formula is C12H10N2O2. The summed E-state index contributed by atoms with van der Waals surface area (Å²) in [5.74, 6) is -1.03. The van der Waals surface area contributed by atoms with Gasteiger partial charge in [-0.25, -0.2) is 9.78 Å². The third kappa shape index (κ3) is 2.06. The summed E-state index contributed by atoms with van der Waals surface area (Å²) in [4.78, 5) is 19.0. The van der Waals surface area contributed by atoms with Crippen LogP contribution < -0.4 is 0 Å². The second kappa shape index (κ2) is 4.10. The molecule has 16 heavy (non-hydrogen) atoms. The first kappa shape index (κ1) is 10.3. The first-order valence-electron chi connectivity index (χ1n) is 4.80. The number of aryl methyl sites for hydroxylation is 1. The quantitative estimate of drug-likeness (QED) is 0.831. The molecule has 2 aromatic heterocycles. The van der Waals surface area contributed by atoms with Crippen molar-refractivity contribution < 1.29 is 9.90 Å². The number of hydrogen-bond donors (Lipinski definition) is 1. The van der Waals surface area contributed by atoms with E-state index in [2.05, 4.69) is 9.97 Å². The van der Waals surface area contributed by atoms with Crippen molar-refractivity contribution in [2.45, 2.75) is 6.92 Å². The zero-order valence-corrected chi connectivity index (χ0v) is 8.71. The van der Waals surface area contributed by atoms with Crippen molar-refractivity contribution in [2.24, 2.45) is 0 Å². The van der Waals surface area contributed by atoms with Crippen molar-refractivity contribution in [1.29, 1.82) is 0 Å². The van der Waals surface area contributed by atoms with Crippen molar-refractivity contribution in [2.75, 3.05) is 0 Å². The standard InChI is InChI=1S/C12H10N2O2/c1-8-5-6-9(13-7-8)10-3-2-4-11(14-10)12(15)16/h2-7H,1H3,(H,15,16). The van der Waals surface area contributed by atoms with Gasteiger partial charge in [-0.1, -0.05) is 12.1 Å². The molecule has 0 aliphatic heterocycles. The zero-order chi connectivity index (χ0) is 11.5. The van der Waals surface area contributed by atoms with Gasteiger partial charge in [0, 0.05) is 6.20 Å². The highest BCUT2D eigenvalue weighted by Gasteiger charge is 2.06. The maximum absolute atomic E-state index is 10.8. The molecule has 0 bridgehead atoms. The van der Waals surface area contributed by atoms with E-state index in [1.807, 2.05) is 19.1 Å². The average molecular weight is 214 g/mol. The van der Waals surface area contributed by atoms with E-state index in [0.717, 1.165) is 5.56 Å². The molecule has 0 amide bonds. The molecule has 0 atom stereocenters. The Balaban J connectivity index is 2.44. The Bertz CT molecular complexity index is 521. The van der Waals surface area contributed by atoms with Crippen LogP contribution in [0.1, 0.15) is 16.1 Å². The Morgan fingerprint density at radius 3 is 2.62 bits per heavy atom. The molecule has 0 unspecified atom stereocenters. The van der Waals surface area contributed by atoms with Gasteiger partial charge in [-0.05, 0) is 30.7 Å². The monoisotopic (exact) mass is 214 g/mol. The Morgan fingerprint density at radius 1 is 1.19 bits per heavy atom. The van der Waals surface area contributed by atoms with Crippen LogP contribution in [0, 0.1) is 6.92 Å². The summed E-state index contributed by atoms with van der Waals surface area (Å²) < 4.78 is 0. The smallest absolute Gasteiger partial charge is 0.354 e. The van der Waals surface area contributed by atoms with Gasteiger partial charge < -0.3 is 5.11 Å². The zero-order valence-electron chi connectivity index (χ0n) is 8.71. The molecule has 2 aromatic rings. The van der Waals surface area contributed by atoms with Crippen LogP contribution in [0.25, 0.3) is 11.4 Å². The lowest BCUT2D eigenvalue weighted by Crippen LogP contribution is -2.00. The fourth-order valence-electron chi connectivity index (χ4n) is 1.32. The first-order chi connectivity index (χ1) is 7.66. The van der Waals surface area contributed by atoms with Crippen molar-refractivity contribution >= 4 is 5.97 Å². The van der Waals surface area contributed by atoms with E-state index >= 15 is 0 Å². The SMILES string of the molecule is Cc1ccc(-c2cccc(C(=O)O)n2)nc1. The topological polar surface area (TPSA) is 63.1 Å². The largest absolute Gasteiger partial charge is 0.477 e. The Kier molecular flexibility index (Phi) is 2.64. The molecule has 80 valence electrons. The number of aromatic carboxylic acids is 1. The fraction of sp³-hybridized carbons (Fsp3) is 0.0833. The van der Waals surface area contributed by atoms with E-state index in [9.17, 15) is 4.79 Å². The summed E-state index contributed by atoms with van der Waals surface area (Å²) in [6, 6.07) is 8.60. The number of nitrogens with zero attached hydrogens (tertiary/aromatic N) is 2. The molecule has 1 N–H and O–H groups in total. The Labute approximate surface area is 92.6 Å². The van der Waals surface area contributed by atoms with Gasteiger partial charge in [0.1, 0.15) is 5.69 Å². The molecule has 0 spiro atoms. The van der Waals surface area contributed by atoms with Crippen LogP contribution >= 0.6 is 0 Å². The van der Waals surface area contributed by atoms with Gasteiger partial charge in [0.2, 0.25) is 0 Å². The van der Waals surface area contributed by atoms with Gasteiger partial charge in [-0.15, -0.1) is 0 Å². The number of hydrogen-bond acceptors (Lipinski definition) is 3. The molecular weight excluding hydrogens is 204 g/mol. The summed E-state index contributed by atoms with van der Waals surface area (Å²) in [6.45, 7) is 1.94. The highest BCUT2D eigenvalue weighted by Crippen LogP contribution is 2.14. The lowest BCUT2D eigenvalue weighted by atomic mass is 10.2. The molecule has 0 aliphatic rings. The number of pyridine rings is 2. The van der Waals surface area contributed by atoms with Gasteiger partial charge in [-0.3, -0.25) is 4.98 Å². The Morgan fingerprint density at radius 2 is 2.00 bits per heavy atom. The molecule has 0 saturated carbocycles. The van der Waals surface area contributed by atoms with E-state index in [-0.39, 0.29) is 5.69 Å². The maximum Gasteiger partial charge on any atom is 0.354 e. The van der Waals surface area contributed by atoms with E-state index in [1.54, 1.807) is 18.3 Å². The average Bonchev–Trinajstić information content (AvgIpc) is 2.30. The van der Waals surface area contributed by atoms with E-state index in [1.165, 1.54) is 6.07 Å². The number of carboxylic acids is 1. The van der Waals surface area contributed by atoms with Crippen molar-refractivity contribution in [3.8, 4) is 11.4 Å². The molecule has 4 heteroatoms. The number of rotatable bonds is 2. The lowest BCUT2D eigenvalue weighted by molar-refractivity contribution is 0.0690. The fourth-order valence-corrected chi connectivity index (χ4v) is 1.32. The minimum atomic E-state index is -1.03. The van der Waals surface area contributed by atoms with Crippen LogP contribution in [0.15, 0.2) is 36.5 Å². The number of carboxylic acid groups (broad SMARTS) is 1. The first-order valence-corrected chi connectivity index (χ1v) is 4.80. The third-order valence-electron chi connectivity index (χ3n) is 2.14. The van der Waals surface area contributed by atoms with Crippen LogP contribution in [-0.2, 0) is 0 Å². The van der Waals surface area contributed by atoms with Crippen molar-refractivity contribution in [3.63, 3.8) is 0 Å². The van der Waals surface area contributed by atoms with Gasteiger partial charge in [0.15, 0.2) is 0 Å². The van der Waals surface area contributed by atoms with Gasteiger partial charge in [0.05, 0.1) is 11.4 Å². The van der Waals surface area contributed by atoms with Crippen LogP contribution in [-0.4, -0.2) is 21.0 Å². The summed E-state index contributed by atoms with van der Waals surface area (Å²) in [6.07, 6.45) is 1.73. The minimum Gasteiger partial charge on any atom is -0.477 e. The molecule has 0 aromatic carbocycles. The number of aromatic nitrogens is 2. The predicted octanol–water partition coefficient (Wildman–Crippen LogP) is 2.15. The molecule has 0 saturated heterocycles. The second-order valence-electron chi connectivity index (χ2n) is 3.43. The lowest BCUT2D eigenvalue weighted by Gasteiger charge is -2.01. The molecule has 0 aliphatic carbocycles.